The molecule has 4 heteroatoms. The number of nitrogens with zero attached hydrogens (tertiary/aromatic N) is 1. The van der Waals surface area contributed by atoms with Crippen LogP contribution in [0.2, 0.25) is 0 Å². The van der Waals surface area contributed by atoms with E-state index in [1.165, 1.54) is 41.7 Å². The maximum absolute atomic E-state index is 12.8. The Labute approximate surface area is 156 Å². The van der Waals surface area contributed by atoms with Crippen molar-refractivity contribution in [2.75, 3.05) is 0 Å². The van der Waals surface area contributed by atoms with Crippen LogP contribution in [0.4, 0.5) is 8.78 Å². The minimum Gasteiger partial charge on any atom is -0.222 e. The first kappa shape index (κ1) is 21.6. The van der Waals surface area contributed by atoms with Crippen LogP contribution in [0.3, 0.4) is 0 Å². The van der Waals surface area contributed by atoms with Crippen LogP contribution in [0.5, 0.6) is 0 Å². The van der Waals surface area contributed by atoms with E-state index >= 15 is 0 Å². The average Bonchev–Trinajstić information content (AvgIpc) is 3.09. The largest absolute Gasteiger partial charge is 2.00 e. The van der Waals surface area contributed by atoms with E-state index in [-0.39, 0.29) is 17.1 Å². The van der Waals surface area contributed by atoms with Crippen LogP contribution >= 0.6 is 0 Å². The van der Waals surface area contributed by atoms with Crippen LogP contribution in [0.1, 0.15) is 40.2 Å². The van der Waals surface area contributed by atoms with E-state index < -0.39 is 11.6 Å². The number of hydrogen-bond acceptors (Lipinski definition) is 0. The van der Waals surface area contributed by atoms with E-state index in [0.29, 0.717) is 11.6 Å². The predicted molar refractivity (Wildman–Crippen MR) is 88.3 cm³/mol. The van der Waals surface area contributed by atoms with Gasteiger partial charge in [0.25, 0.3) is 0 Å². The molecule has 1 heterocycles. The van der Waals surface area contributed by atoms with E-state index in [1.54, 1.807) is 19.4 Å². The molecular formula is C20H21F2FeN+2. The van der Waals surface area contributed by atoms with Crippen molar-refractivity contribution in [1.29, 1.82) is 0 Å². The summed E-state index contributed by atoms with van der Waals surface area (Å²) in [6, 6.07) is 3.93. The molecule has 2 fully saturated rings. The van der Waals surface area contributed by atoms with Gasteiger partial charge in [-0.2, -0.15) is 0 Å². The summed E-state index contributed by atoms with van der Waals surface area (Å²) in [7, 11) is 0. The molecule has 0 aromatic heterocycles. The SMILES string of the molecule is C[C]1[C](C)[C](C)[C](C)[C]1C.Fc1cc(F)cc([C]2[CH][CH][CH][N]2)c1.[Fe+2]. The summed E-state index contributed by atoms with van der Waals surface area (Å²) in [6.45, 7) is 12.6. The fraction of sp³-hybridized carbons (Fsp3) is 0.250. The maximum atomic E-state index is 12.8. The summed E-state index contributed by atoms with van der Waals surface area (Å²) in [5, 5.41) is 3.94. The summed E-state index contributed by atoms with van der Waals surface area (Å²) < 4.78 is 25.5. The van der Waals surface area contributed by atoms with Crippen LogP contribution in [0.25, 0.3) is 0 Å². The molecule has 1 saturated heterocycles. The number of halogens is 2. The van der Waals surface area contributed by atoms with Gasteiger partial charge in [-0.3, -0.25) is 0 Å². The van der Waals surface area contributed by atoms with Crippen molar-refractivity contribution in [3.8, 4) is 0 Å². The molecule has 0 unspecified atom stereocenters. The Balaban J connectivity index is 0.000000238. The van der Waals surface area contributed by atoms with Crippen LogP contribution < -0.4 is 5.32 Å². The normalized spacial score (nSPS) is 21.6. The molecule has 126 valence electrons. The zero-order valence-corrected chi connectivity index (χ0v) is 15.6. The molecule has 0 N–H and O–H groups in total. The smallest absolute Gasteiger partial charge is 0.222 e. The van der Waals surface area contributed by atoms with Crippen molar-refractivity contribution in [3.63, 3.8) is 0 Å². The van der Waals surface area contributed by atoms with Crippen molar-refractivity contribution in [1.82, 2.24) is 5.32 Å². The minimum absolute atomic E-state index is 0. The maximum Gasteiger partial charge on any atom is 2.00 e. The van der Waals surface area contributed by atoms with Gasteiger partial charge in [0.1, 0.15) is 11.6 Å². The standard InChI is InChI=1S/C10H6F2N.C10H15.Fe/c11-8-4-7(5-9(12)6-8)10-2-1-3-13-10;1-6-7(2)9(4)10(5)8(6)3;/h1-6H;1-5H3;/q;;+2. The van der Waals surface area contributed by atoms with E-state index in [0.717, 1.165) is 6.07 Å². The van der Waals surface area contributed by atoms with Crippen LogP contribution in [0.15, 0.2) is 18.2 Å². The summed E-state index contributed by atoms with van der Waals surface area (Å²) in [4.78, 5) is 0. The van der Waals surface area contributed by atoms with Gasteiger partial charge in [0.05, 0.1) is 6.04 Å². The van der Waals surface area contributed by atoms with Gasteiger partial charge in [0.15, 0.2) is 0 Å². The molecule has 24 heavy (non-hydrogen) atoms. The third kappa shape index (κ3) is 5.03. The summed E-state index contributed by atoms with van der Waals surface area (Å²) in [6.07, 6.45) is 3.42. The molecule has 3 rings (SSSR count). The quantitative estimate of drug-likeness (QED) is 0.619. The number of benzene rings is 1. The fourth-order valence-electron chi connectivity index (χ4n) is 2.58. The van der Waals surface area contributed by atoms with Crippen molar-refractivity contribution in [2.24, 2.45) is 0 Å². The topological polar surface area (TPSA) is 14.1 Å². The van der Waals surface area contributed by atoms with E-state index in [9.17, 15) is 8.78 Å². The molecule has 2 aliphatic rings. The minimum atomic E-state index is -0.585. The molecule has 1 aliphatic heterocycles. The molecule has 0 amide bonds. The van der Waals surface area contributed by atoms with E-state index in [4.69, 9.17) is 0 Å². The van der Waals surface area contributed by atoms with Gasteiger partial charge in [0.2, 0.25) is 0 Å². The van der Waals surface area contributed by atoms with Gasteiger partial charge in [-0.15, -0.1) is 0 Å². The average molecular weight is 369 g/mol. The Kier molecular flexibility index (Phi) is 8.38. The zero-order valence-electron chi connectivity index (χ0n) is 14.5. The molecule has 0 bridgehead atoms. The Bertz CT molecular complexity index is 451. The van der Waals surface area contributed by atoms with Gasteiger partial charge in [-0.1, -0.05) is 34.6 Å². The molecular weight excluding hydrogens is 348 g/mol. The van der Waals surface area contributed by atoms with Crippen molar-refractivity contribution in [2.45, 2.75) is 34.6 Å². The van der Waals surface area contributed by atoms with Crippen molar-refractivity contribution >= 4 is 0 Å². The second-order valence-electron chi connectivity index (χ2n) is 5.81. The first-order valence-electron chi connectivity index (χ1n) is 7.55. The van der Waals surface area contributed by atoms with Gasteiger partial charge < -0.3 is 0 Å². The molecule has 0 atom stereocenters. The van der Waals surface area contributed by atoms with Crippen molar-refractivity contribution in [3.05, 3.63) is 90.4 Å². The second kappa shape index (κ2) is 9.31. The Morgan fingerprint density at radius 1 is 0.708 bits per heavy atom. The second-order valence-corrected chi connectivity index (χ2v) is 5.81. The molecule has 1 aliphatic carbocycles. The van der Waals surface area contributed by atoms with Crippen LogP contribution in [-0.4, -0.2) is 0 Å². The molecule has 0 spiro atoms. The van der Waals surface area contributed by atoms with Gasteiger partial charge in [-0.05, 0) is 60.1 Å². The monoisotopic (exact) mass is 369 g/mol. The predicted octanol–water partition coefficient (Wildman–Crippen LogP) is 5.00. The number of hydrogen-bond donors (Lipinski definition) is 0. The summed E-state index contributed by atoms with van der Waals surface area (Å²) in [5.41, 5.74) is 0.461. The molecule has 1 saturated carbocycles. The summed E-state index contributed by atoms with van der Waals surface area (Å²) in [5.74, 6) is 6.17. The van der Waals surface area contributed by atoms with Gasteiger partial charge in [-0.25, -0.2) is 14.1 Å². The van der Waals surface area contributed by atoms with E-state index in [2.05, 4.69) is 39.9 Å². The van der Waals surface area contributed by atoms with Gasteiger partial charge >= 0.3 is 17.1 Å². The Morgan fingerprint density at radius 3 is 1.46 bits per heavy atom. The molecule has 10 radical (unpaired) electrons. The van der Waals surface area contributed by atoms with Crippen LogP contribution in [-0.2, 0) is 17.1 Å². The van der Waals surface area contributed by atoms with Gasteiger partial charge in [0, 0.05) is 12.6 Å². The number of rotatable bonds is 1. The molecule has 1 aromatic carbocycles. The fourth-order valence-corrected chi connectivity index (χ4v) is 2.58. The van der Waals surface area contributed by atoms with Crippen LogP contribution in [0, 0.1) is 66.7 Å². The third-order valence-electron chi connectivity index (χ3n) is 4.52. The Morgan fingerprint density at radius 2 is 1.12 bits per heavy atom. The van der Waals surface area contributed by atoms with E-state index in [1.807, 2.05) is 0 Å². The molecule has 1 aromatic rings. The summed E-state index contributed by atoms with van der Waals surface area (Å²) >= 11 is 0. The molecule has 1 nitrogen and oxygen atoms in total. The first-order chi connectivity index (χ1) is 10.8. The Hall–Kier alpha value is -0.441. The third-order valence-corrected chi connectivity index (χ3v) is 4.52. The zero-order chi connectivity index (χ0) is 17.1. The first-order valence-corrected chi connectivity index (χ1v) is 7.55. The van der Waals surface area contributed by atoms with Crippen molar-refractivity contribution < 1.29 is 25.8 Å².